The maximum atomic E-state index is 13.0. The first-order valence-corrected chi connectivity index (χ1v) is 8.32. The third-order valence-electron chi connectivity index (χ3n) is 4.52. The van der Waals surface area contributed by atoms with E-state index in [1.807, 2.05) is 36.4 Å². The van der Waals surface area contributed by atoms with Crippen LogP contribution in [0.2, 0.25) is 0 Å². The van der Waals surface area contributed by atoms with Crippen molar-refractivity contribution in [2.75, 3.05) is 10.2 Å². The molecule has 0 unspecified atom stereocenters. The van der Waals surface area contributed by atoms with Crippen molar-refractivity contribution in [2.45, 2.75) is 20.0 Å². The fourth-order valence-electron chi connectivity index (χ4n) is 3.21. The summed E-state index contributed by atoms with van der Waals surface area (Å²) in [5, 5.41) is 3.53. The maximum absolute atomic E-state index is 13.0. The van der Waals surface area contributed by atoms with Crippen LogP contribution in [0, 0.1) is 13.8 Å². The number of carbonyl (C=O) groups excluding carboxylic acids is 1. The molecule has 2 heterocycles. The molecule has 0 bridgehead atoms. The minimum Gasteiger partial charge on any atom is -0.360 e. The molecule has 1 aromatic heterocycles. The lowest BCUT2D eigenvalue weighted by molar-refractivity contribution is 0.0993. The number of hydrogen-bond acceptors (Lipinski definition) is 3. The second-order valence-corrected chi connectivity index (χ2v) is 6.31. The first-order chi connectivity index (χ1) is 12.1. The van der Waals surface area contributed by atoms with Crippen molar-refractivity contribution in [3.63, 3.8) is 0 Å². The first-order valence-electron chi connectivity index (χ1n) is 8.32. The van der Waals surface area contributed by atoms with Gasteiger partial charge in [0.1, 0.15) is 0 Å². The molecule has 124 valence electrons. The van der Waals surface area contributed by atoms with Crippen molar-refractivity contribution >= 4 is 17.3 Å². The quantitative estimate of drug-likeness (QED) is 0.771. The van der Waals surface area contributed by atoms with Crippen LogP contribution >= 0.6 is 0 Å². The molecule has 4 rings (SSSR count). The molecule has 0 radical (unpaired) electrons. The van der Waals surface area contributed by atoms with Gasteiger partial charge in [-0.25, -0.2) is 0 Å². The van der Waals surface area contributed by atoms with Crippen LogP contribution in [0.15, 0.2) is 66.9 Å². The zero-order valence-corrected chi connectivity index (χ0v) is 14.2. The molecule has 4 heteroatoms. The number of para-hydroxylation sites is 1. The summed E-state index contributed by atoms with van der Waals surface area (Å²) in [5.74, 6) is -0.0305. The summed E-state index contributed by atoms with van der Waals surface area (Å²) in [6.45, 7) is 4.12. The van der Waals surface area contributed by atoms with Crippen LogP contribution in [-0.2, 0) is 0 Å². The SMILES string of the molecule is Cc1ccc(C)c(N[C@@H]2c3ncccc3C(=O)N2c2ccccc2)c1. The average Bonchev–Trinajstić information content (AvgIpc) is 2.91. The number of anilines is 2. The van der Waals surface area contributed by atoms with Crippen LogP contribution in [0.3, 0.4) is 0 Å². The maximum Gasteiger partial charge on any atom is 0.262 e. The van der Waals surface area contributed by atoms with E-state index in [2.05, 4.69) is 42.3 Å². The summed E-state index contributed by atoms with van der Waals surface area (Å²) in [4.78, 5) is 19.3. The van der Waals surface area contributed by atoms with E-state index in [-0.39, 0.29) is 12.1 Å². The Kier molecular flexibility index (Phi) is 3.73. The predicted octanol–water partition coefficient (Wildman–Crippen LogP) is 4.47. The first kappa shape index (κ1) is 15.4. The van der Waals surface area contributed by atoms with Crippen LogP contribution < -0.4 is 10.2 Å². The summed E-state index contributed by atoms with van der Waals surface area (Å²) < 4.78 is 0. The van der Waals surface area contributed by atoms with Crippen LogP contribution in [-0.4, -0.2) is 10.9 Å². The van der Waals surface area contributed by atoms with E-state index in [1.165, 1.54) is 5.56 Å². The van der Waals surface area contributed by atoms with Gasteiger partial charge in [0.15, 0.2) is 6.17 Å². The van der Waals surface area contributed by atoms with Gasteiger partial charge in [0.05, 0.1) is 11.3 Å². The van der Waals surface area contributed by atoms with Gasteiger partial charge in [-0.05, 0) is 55.3 Å². The summed E-state index contributed by atoms with van der Waals surface area (Å²) in [6, 6.07) is 19.6. The molecule has 1 aliphatic rings. The zero-order chi connectivity index (χ0) is 17.4. The van der Waals surface area contributed by atoms with E-state index < -0.39 is 0 Å². The summed E-state index contributed by atoms with van der Waals surface area (Å²) in [5.41, 5.74) is 5.58. The van der Waals surface area contributed by atoms with Gasteiger partial charge >= 0.3 is 0 Å². The van der Waals surface area contributed by atoms with Gasteiger partial charge in [0.25, 0.3) is 5.91 Å². The molecule has 3 aromatic rings. The number of pyridine rings is 1. The molecule has 0 saturated heterocycles. The fourth-order valence-corrected chi connectivity index (χ4v) is 3.21. The van der Waals surface area contributed by atoms with Gasteiger partial charge in [0, 0.05) is 17.6 Å². The molecule has 25 heavy (non-hydrogen) atoms. The van der Waals surface area contributed by atoms with Crippen LogP contribution in [0.1, 0.15) is 33.3 Å². The number of aryl methyl sites for hydroxylation is 2. The summed E-state index contributed by atoms with van der Waals surface area (Å²) in [7, 11) is 0. The molecule has 1 N–H and O–H groups in total. The van der Waals surface area contributed by atoms with Crippen LogP contribution in [0.25, 0.3) is 0 Å². The number of amides is 1. The second-order valence-electron chi connectivity index (χ2n) is 6.31. The average molecular weight is 329 g/mol. The second kappa shape index (κ2) is 6.06. The van der Waals surface area contributed by atoms with Crippen molar-refractivity contribution < 1.29 is 4.79 Å². The summed E-state index contributed by atoms with van der Waals surface area (Å²) >= 11 is 0. The minimum atomic E-state index is -0.327. The van der Waals surface area contributed by atoms with Crippen molar-refractivity contribution in [3.8, 4) is 0 Å². The van der Waals surface area contributed by atoms with Gasteiger partial charge in [-0.1, -0.05) is 30.3 Å². The molecule has 1 aliphatic heterocycles. The monoisotopic (exact) mass is 329 g/mol. The van der Waals surface area contributed by atoms with Gasteiger partial charge in [-0.3, -0.25) is 14.7 Å². The Morgan fingerprint density at radius 1 is 1.00 bits per heavy atom. The number of nitrogens with zero attached hydrogens (tertiary/aromatic N) is 2. The lowest BCUT2D eigenvalue weighted by atomic mass is 10.1. The van der Waals surface area contributed by atoms with E-state index in [4.69, 9.17) is 0 Å². The lowest BCUT2D eigenvalue weighted by Gasteiger charge is -2.27. The van der Waals surface area contributed by atoms with Crippen molar-refractivity contribution in [2.24, 2.45) is 0 Å². The van der Waals surface area contributed by atoms with Crippen molar-refractivity contribution in [1.29, 1.82) is 0 Å². The van der Waals surface area contributed by atoms with E-state index in [0.717, 1.165) is 22.6 Å². The predicted molar refractivity (Wildman–Crippen MR) is 99.8 cm³/mol. The van der Waals surface area contributed by atoms with E-state index in [9.17, 15) is 4.79 Å². The fraction of sp³-hybridized carbons (Fsp3) is 0.143. The number of benzene rings is 2. The van der Waals surface area contributed by atoms with Crippen LogP contribution in [0.5, 0.6) is 0 Å². The van der Waals surface area contributed by atoms with E-state index in [0.29, 0.717) is 5.56 Å². The van der Waals surface area contributed by atoms with Gasteiger partial charge < -0.3 is 5.32 Å². The van der Waals surface area contributed by atoms with Gasteiger partial charge in [0.2, 0.25) is 0 Å². The largest absolute Gasteiger partial charge is 0.360 e. The third kappa shape index (κ3) is 2.66. The number of aromatic nitrogens is 1. The smallest absolute Gasteiger partial charge is 0.262 e. The Balaban J connectivity index is 1.81. The molecule has 1 amide bonds. The highest BCUT2D eigenvalue weighted by atomic mass is 16.2. The topological polar surface area (TPSA) is 45.2 Å². The van der Waals surface area contributed by atoms with Crippen molar-refractivity contribution in [1.82, 2.24) is 4.98 Å². The third-order valence-corrected chi connectivity index (χ3v) is 4.52. The molecular weight excluding hydrogens is 310 g/mol. The van der Waals surface area contributed by atoms with E-state index in [1.54, 1.807) is 17.2 Å². The molecule has 0 spiro atoms. The minimum absolute atomic E-state index is 0.0305. The Labute approximate surface area is 147 Å². The standard InChI is InChI=1S/C21H19N3O/c1-14-10-11-15(2)18(13-14)23-20-19-17(9-6-12-22-19)21(25)24(20)16-7-4-3-5-8-16/h3-13,20,23H,1-2H3/t20-/m0/s1. The summed E-state index contributed by atoms with van der Waals surface area (Å²) in [6.07, 6.45) is 1.41. The highest BCUT2D eigenvalue weighted by Gasteiger charge is 2.39. The highest BCUT2D eigenvalue weighted by Crippen LogP contribution is 2.37. The number of nitrogens with one attached hydrogen (secondary N) is 1. The molecule has 4 nitrogen and oxygen atoms in total. The Bertz CT molecular complexity index is 937. The molecule has 0 aliphatic carbocycles. The van der Waals surface area contributed by atoms with Crippen molar-refractivity contribution in [3.05, 3.63) is 89.2 Å². The Hall–Kier alpha value is -3.14. The molecule has 1 atom stereocenters. The number of rotatable bonds is 3. The Morgan fingerprint density at radius 3 is 2.60 bits per heavy atom. The Morgan fingerprint density at radius 2 is 1.80 bits per heavy atom. The van der Waals surface area contributed by atoms with Gasteiger partial charge in [-0.2, -0.15) is 0 Å². The molecular formula is C21H19N3O. The molecule has 2 aromatic carbocycles. The lowest BCUT2D eigenvalue weighted by Crippen LogP contribution is -2.32. The zero-order valence-electron chi connectivity index (χ0n) is 14.2. The number of fused-ring (bicyclic) bond motifs is 1. The molecule has 0 fully saturated rings. The van der Waals surface area contributed by atoms with Gasteiger partial charge in [-0.15, -0.1) is 0 Å². The molecule has 0 saturated carbocycles. The number of hydrogen-bond donors (Lipinski definition) is 1. The van der Waals surface area contributed by atoms with Crippen LogP contribution in [0.4, 0.5) is 11.4 Å². The van der Waals surface area contributed by atoms with E-state index >= 15 is 0 Å². The normalized spacial score (nSPS) is 16.0. The number of carbonyl (C=O) groups is 1. The highest BCUT2D eigenvalue weighted by molar-refractivity contribution is 6.11.